The van der Waals surface area contributed by atoms with Gasteiger partial charge in [0.05, 0.1) is 0 Å². The zero-order chi connectivity index (χ0) is 21.8. The van der Waals surface area contributed by atoms with Gasteiger partial charge in [-0.25, -0.2) is 0 Å². The van der Waals surface area contributed by atoms with Gasteiger partial charge < -0.3 is 10.4 Å². The van der Waals surface area contributed by atoms with E-state index in [-0.39, 0.29) is 23.6 Å². The van der Waals surface area contributed by atoms with E-state index >= 15 is 0 Å². The van der Waals surface area contributed by atoms with Gasteiger partial charge in [0.15, 0.2) is 0 Å². The van der Waals surface area contributed by atoms with E-state index in [1.165, 1.54) is 0 Å². The molecular weight excluding hydrogens is 344 g/mol. The van der Waals surface area contributed by atoms with Gasteiger partial charge in [0.25, 0.3) is 0 Å². The molecule has 1 fully saturated rings. The van der Waals surface area contributed by atoms with Crippen LogP contribution in [0.5, 0.6) is 0 Å². The molecule has 0 bridgehead atoms. The molecule has 0 aromatic carbocycles. The molecule has 1 atom stereocenters. The van der Waals surface area contributed by atoms with Crippen LogP contribution < -0.4 is 10.6 Å². The Bertz CT molecular complexity index is 382. The Balaban J connectivity index is -0.000000318. The molecule has 0 spiro atoms. The van der Waals surface area contributed by atoms with Gasteiger partial charge in [0.2, 0.25) is 17.7 Å². The van der Waals surface area contributed by atoms with Gasteiger partial charge in [-0.3, -0.25) is 19.7 Å². The predicted molar refractivity (Wildman–Crippen MR) is 112 cm³/mol. The van der Waals surface area contributed by atoms with Crippen molar-refractivity contribution in [2.75, 3.05) is 13.2 Å². The van der Waals surface area contributed by atoms with Crippen molar-refractivity contribution in [3.05, 3.63) is 0 Å². The number of aliphatic hydroxyl groups excluding tert-OH is 1. The summed E-state index contributed by atoms with van der Waals surface area (Å²) in [6, 6.07) is 0. The van der Waals surface area contributed by atoms with Crippen LogP contribution in [0.1, 0.15) is 87.5 Å². The summed E-state index contributed by atoms with van der Waals surface area (Å²) in [5, 5.41) is 13.3. The summed E-state index contributed by atoms with van der Waals surface area (Å²) < 4.78 is 0. The molecule has 1 unspecified atom stereocenters. The lowest BCUT2D eigenvalue weighted by molar-refractivity contribution is -0.125. The summed E-state index contributed by atoms with van der Waals surface area (Å²) in [6.45, 7) is 17.4. The number of rotatable bonds is 7. The van der Waals surface area contributed by atoms with E-state index in [1.807, 2.05) is 13.8 Å². The second-order valence-electron chi connectivity index (χ2n) is 7.21. The summed E-state index contributed by atoms with van der Waals surface area (Å²) >= 11 is 0. The van der Waals surface area contributed by atoms with Crippen LogP contribution in [0.3, 0.4) is 0 Å². The zero-order valence-electron chi connectivity index (χ0n) is 18.9. The lowest BCUT2D eigenvalue weighted by Gasteiger charge is -2.04. The quantitative estimate of drug-likeness (QED) is 0.580. The molecule has 1 saturated heterocycles. The molecule has 1 aliphatic heterocycles. The number of hydrogen-bond acceptors (Lipinski definition) is 4. The number of carbonyl (C=O) groups is 3. The van der Waals surface area contributed by atoms with E-state index < -0.39 is 0 Å². The molecule has 3 N–H and O–H groups in total. The van der Waals surface area contributed by atoms with Crippen molar-refractivity contribution in [2.24, 2.45) is 17.8 Å². The van der Waals surface area contributed by atoms with Crippen molar-refractivity contribution in [3.63, 3.8) is 0 Å². The maximum absolute atomic E-state index is 11.0. The number of imide groups is 1. The van der Waals surface area contributed by atoms with Crippen LogP contribution in [0.15, 0.2) is 0 Å². The first-order chi connectivity index (χ1) is 12.6. The number of aliphatic hydroxyl groups is 1. The summed E-state index contributed by atoms with van der Waals surface area (Å²) in [5.74, 6) is 1.07. The smallest absolute Gasteiger partial charge is 0.229 e. The topological polar surface area (TPSA) is 95.5 Å². The van der Waals surface area contributed by atoms with Gasteiger partial charge >= 0.3 is 0 Å². The summed E-state index contributed by atoms with van der Waals surface area (Å²) in [6.07, 6.45) is 3.99. The van der Waals surface area contributed by atoms with Crippen molar-refractivity contribution in [1.29, 1.82) is 0 Å². The maximum atomic E-state index is 11.0. The normalized spacial score (nSPS) is 15.0. The number of nitrogens with one attached hydrogen (secondary N) is 2. The van der Waals surface area contributed by atoms with Gasteiger partial charge in [-0.1, -0.05) is 55.4 Å². The first-order valence-corrected chi connectivity index (χ1v) is 10.3. The minimum atomic E-state index is -0.150. The van der Waals surface area contributed by atoms with Gasteiger partial charge in [-0.2, -0.15) is 0 Å². The van der Waals surface area contributed by atoms with Crippen molar-refractivity contribution in [3.8, 4) is 0 Å². The van der Waals surface area contributed by atoms with Gasteiger partial charge in [0, 0.05) is 31.9 Å². The van der Waals surface area contributed by atoms with Crippen LogP contribution in [0.4, 0.5) is 0 Å². The third-order valence-corrected chi connectivity index (χ3v) is 3.43. The average molecular weight is 389 g/mol. The summed E-state index contributed by atoms with van der Waals surface area (Å²) in [4.78, 5) is 31.8. The minimum Gasteiger partial charge on any atom is -0.396 e. The number of hydrogen-bond donors (Lipinski definition) is 3. The Hall–Kier alpha value is -1.43. The van der Waals surface area contributed by atoms with Gasteiger partial charge in [-0.15, -0.1) is 0 Å². The third kappa shape index (κ3) is 24.6. The maximum Gasteiger partial charge on any atom is 0.229 e. The average Bonchev–Trinajstić information content (AvgIpc) is 2.89. The molecular formula is C21H44N2O4. The highest BCUT2D eigenvalue weighted by Crippen LogP contribution is 2.07. The van der Waals surface area contributed by atoms with E-state index in [4.69, 9.17) is 5.11 Å². The fourth-order valence-corrected chi connectivity index (χ4v) is 1.71. The van der Waals surface area contributed by atoms with Crippen molar-refractivity contribution >= 4 is 17.7 Å². The van der Waals surface area contributed by atoms with Crippen LogP contribution in [0, 0.1) is 17.8 Å². The zero-order valence-corrected chi connectivity index (χ0v) is 18.9. The van der Waals surface area contributed by atoms with E-state index in [0.717, 1.165) is 25.8 Å². The fraction of sp³-hybridized carbons (Fsp3) is 0.857. The van der Waals surface area contributed by atoms with Crippen molar-refractivity contribution in [1.82, 2.24) is 10.6 Å². The molecule has 0 radical (unpaired) electrons. The molecule has 6 nitrogen and oxygen atoms in total. The molecule has 1 aliphatic rings. The van der Waals surface area contributed by atoms with Crippen LogP contribution >= 0.6 is 0 Å². The Morgan fingerprint density at radius 3 is 1.89 bits per heavy atom. The SMILES string of the molecule is CC.CC(C)CCO.CC1CC(=O)NC1=O.CCCNC(=O)CCC(C)C. The number of amides is 3. The Kier molecular flexibility index (Phi) is 23.4. The molecule has 0 aliphatic carbocycles. The Morgan fingerprint density at radius 1 is 1.15 bits per heavy atom. The molecule has 6 heteroatoms. The minimum absolute atomic E-state index is 0.109. The first kappa shape index (κ1) is 30.3. The largest absolute Gasteiger partial charge is 0.396 e. The predicted octanol–water partition coefficient (Wildman–Crippen LogP) is 3.67. The van der Waals surface area contributed by atoms with Crippen LogP contribution in [0.25, 0.3) is 0 Å². The molecule has 0 aromatic rings. The molecule has 3 amide bonds. The van der Waals surface area contributed by atoms with E-state index in [1.54, 1.807) is 6.92 Å². The molecule has 162 valence electrons. The standard InChI is InChI=1S/C9H19NO.C5H7NO2.C5H12O.C2H6/c1-4-7-10-9(11)6-5-8(2)3;1-3-2-4(7)6-5(3)8;1-5(2)3-4-6;1-2/h8H,4-7H2,1-3H3,(H,10,11);3H,2H2,1H3,(H,6,7,8);5-6H,3-4H2,1-2H3;1-2H3. The summed E-state index contributed by atoms with van der Waals surface area (Å²) in [7, 11) is 0. The molecule has 0 saturated carbocycles. The highest BCUT2D eigenvalue weighted by atomic mass is 16.3. The van der Waals surface area contributed by atoms with Crippen LogP contribution in [-0.4, -0.2) is 36.0 Å². The molecule has 0 aromatic heterocycles. The van der Waals surface area contributed by atoms with Crippen molar-refractivity contribution < 1.29 is 19.5 Å². The number of carbonyl (C=O) groups excluding carboxylic acids is 3. The highest BCUT2D eigenvalue weighted by molar-refractivity contribution is 6.03. The molecule has 1 rings (SSSR count). The van der Waals surface area contributed by atoms with Crippen LogP contribution in [0.2, 0.25) is 0 Å². The van der Waals surface area contributed by atoms with Gasteiger partial charge in [-0.05, 0) is 31.1 Å². The van der Waals surface area contributed by atoms with E-state index in [2.05, 4.69) is 45.3 Å². The molecule has 27 heavy (non-hydrogen) atoms. The lowest BCUT2D eigenvalue weighted by Crippen LogP contribution is -2.23. The molecule has 1 heterocycles. The fourth-order valence-electron chi connectivity index (χ4n) is 1.71. The van der Waals surface area contributed by atoms with Crippen molar-refractivity contribution in [2.45, 2.75) is 87.5 Å². The van der Waals surface area contributed by atoms with E-state index in [9.17, 15) is 14.4 Å². The highest BCUT2D eigenvalue weighted by Gasteiger charge is 2.25. The lowest BCUT2D eigenvalue weighted by atomic mass is 10.1. The summed E-state index contributed by atoms with van der Waals surface area (Å²) in [5.41, 5.74) is 0. The van der Waals surface area contributed by atoms with Gasteiger partial charge in [0.1, 0.15) is 0 Å². The first-order valence-electron chi connectivity index (χ1n) is 10.3. The van der Waals surface area contributed by atoms with Crippen LogP contribution in [-0.2, 0) is 14.4 Å². The second-order valence-corrected chi connectivity index (χ2v) is 7.21. The third-order valence-electron chi connectivity index (χ3n) is 3.43. The second kappa shape index (κ2) is 20.9. The van der Waals surface area contributed by atoms with E-state index in [0.29, 0.717) is 31.3 Å². The Labute approximate surface area is 166 Å². The monoisotopic (exact) mass is 388 g/mol. The Morgan fingerprint density at radius 2 is 1.67 bits per heavy atom.